The molecule has 0 aliphatic heterocycles. The van der Waals surface area contributed by atoms with Crippen LogP contribution in [0.1, 0.15) is 48.4 Å². The van der Waals surface area contributed by atoms with Crippen molar-refractivity contribution < 1.29 is 9.47 Å². The van der Waals surface area contributed by atoms with Gasteiger partial charge in [0.05, 0.1) is 13.2 Å². The van der Waals surface area contributed by atoms with Crippen LogP contribution in [-0.4, -0.2) is 19.8 Å². The molecule has 2 aromatic carbocycles. The number of nitrogens with two attached hydrogens (primary N) is 1. The van der Waals surface area contributed by atoms with E-state index in [2.05, 4.69) is 51.1 Å². The molecule has 0 saturated carbocycles. The van der Waals surface area contributed by atoms with Crippen molar-refractivity contribution in [2.24, 2.45) is 5.73 Å². The molecule has 2 aromatic rings. The molecule has 0 aliphatic rings. The van der Waals surface area contributed by atoms with Gasteiger partial charge in [-0.05, 0) is 80.6 Å². The molecule has 0 aliphatic carbocycles. The summed E-state index contributed by atoms with van der Waals surface area (Å²) < 4.78 is 11.6. The summed E-state index contributed by atoms with van der Waals surface area (Å²) in [5, 5.41) is 0. The minimum Gasteiger partial charge on any atom is -0.494 e. The van der Waals surface area contributed by atoms with Crippen LogP contribution in [-0.2, 0) is 6.42 Å². The molecular formula is C22H31NO2. The highest BCUT2D eigenvalue weighted by molar-refractivity contribution is 5.45. The molecule has 3 heteroatoms. The quantitative estimate of drug-likeness (QED) is 0.714. The molecule has 0 aromatic heterocycles. The number of benzene rings is 2. The van der Waals surface area contributed by atoms with Crippen molar-refractivity contribution in [1.82, 2.24) is 0 Å². The van der Waals surface area contributed by atoms with Gasteiger partial charge >= 0.3 is 0 Å². The largest absolute Gasteiger partial charge is 0.494 e. The van der Waals surface area contributed by atoms with Gasteiger partial charge in [0, 0.05) is 5.92 Å². The Hall–Kier alpha value is -2.00. The lowest BCUT2D eigenvalue weighted by Crippen LogP contribution is -2.17. The normalized spacial score (nSPS) is 12.0. The van der Waals surface area contributed by atoms with E-state index in [1.807, 2.05) is 13.0 Å². The Morgan fingerprint density at radius 2 is 1.76 bits per heavy atom. The average molecular weight is 341 g/mol. The first-order valence-electron chi connectivity index (χ1n) is 9.24. The van der Waals surface area contributed by atoms with Gasteiger partial charge in [0.2, 0.25) is 0 Å². The van der Waals surface area contributed by atoms with Crippen molar-refractivity contribution in [3.63, 3.8) is 0 Å². The molecule has 0 amide bonds. The molecular weight excluding hydrogens is 310 g/mol. The van der Waals surface area contributed by atoms with Gasteiger partial charge in [-0.25, -0.2) is 0 Å². The number of hydrogen-bond donors (Lipinski definition) is 1. The van der Waals surface area contributed by atoms with E-state index in [0.29, 0.717) is 13.2 Å². The van der Waals surface area contributed by atoms with Crippen LogP contribution < -0.4 is 15.2 Å². The molecule has 0 saturated heterocycles. The number of aryl methyl sites for hydroxylation is 2. The summed E-state index contributed by atoms with van der Waals surface area (Å²) in [4.78, 5) is 0. The van der Waals surface area contributed by atoms with Crippen LogP contribution in [0.5, 0.6) is 11.5 Å². The van der Waals surface area contributed by atoms with Crippen molar-refractivity contribution in [2.75, 3.05) is 19.8 Å². The van der Waals surface area contributed by atoms with Crippen molar-refractivity contribution >= 4 is 0 Å². The predicted octanol–water partition coefficient (Wildman–Crippen LogP) is 4.78. The molecule has 0 bridgehead atoms. The lowest BCUT2D eigenvalue weighted by molar-refractivity contribution is 0.317. The molecule has 0 heterocycles. The number of hydrogen-bond acceptors (Lipinski definition) is 3. The highest BCUT2D eigenvalue weighted by Crippen LogP contribution is 2.32. The van der Waals surface area contributed by atoms with E-state index in [-0.39, 0.29) is 5.92 Å². The summed E-state index contributed by atoms with van der Waals surface area (Å²) in [6, 6.07) is 12.7. The average Bonchev–Trinajstić information content (AvgIpc) is 2.61. The molecule has 3 nitrogen and oxygen atoms in total. The van der Waals surface area contributed by atoms with Gasteiger partial charge in [-0.15, -0.1) is 0 Å². The van der Waals surface area contributed by atoms with E-state index in [9.17, 15) is 0 Å². The van der Waals surface area contributed by atoms with Crippen LogP contribution in [0, 0.1) is 13.8 Å². The van der Waals surface area contributed by atoms with Gasteiger partial charge in [0.25, 0.3) is 0 Å². The summed E-state index contributed by atoms with van der Waals surface area (Å²) in [5.74, 6) is 2.11. The molecule has 0 spiro atoms. The molecule has 2 rings (SSSR count). The second-order valence-electron chi connectivity index (χ2n) is 6.54. The third kappa shape index (κ3) is 5.23. The van der Waals surface area contributed by atoms with Crippen molar-refractivity contribution in [3.8, 4) is 11.5 Å². The predicted molar refractivity (Wildman–Crippen MR) is 105 cm³/mol. The van der Waals surface area contributed by atoms with Gasteiger partial charge in [-0.1, -0.05) is 25.1 Å². The summed E-state index contributed by atoms with van der Waals surface area (Å²) in [6.07, 6.45) is 1.89. The fourth-order valence-corrected chi connectivity index (χ4v) is 3.00. The number of rotatable bonds is 9. The van der Waals surface area contributed by atoms with Gasteiger partial charge in [-0.2, -0.15) is 0 Å². The van der Waals surface area contributed by atoms with Gasteiger partial charge in [-0.3, -0.25) is 0 Å². The lowest BCUT2D eigenvalue weighted by Gasteiger charge is -2.21. The minimum atomic E-state index is 0.224. The fourth-order valence-electron chi connectivity index (χ4n) is 3.00. The molecule has 0 fully saturated rings. The monoisotopic (exact) mass is 341 g/mol. The Morgan fingerprint density at radius 3 is 2.44 bits per heavy atom. The Bertz CT molecular complexity index is 682. The van der Waals surface area contributed by atoms with Gasteiger partial charge in [0.1, 0.15) is 11.5 Å². The van der Waals surface area contributed by atoms with Gasteiger partial charge in [0.15, 0.2) is 0 Å². The zero-order valence-electron chi connectivity index (χ0n) is 16.0. The first-order valence-corrected chi connectivity index (χ1v) is 9.24. The highest BCUT2D eigenvalue weighted by atomic mass is 16.5. The van der Waals surface area contributed by atoms with Crippen molar-refractivity contribution in [2.45, 2.75) is 46.5 Å². The van der Waals surface area contributed by atoms with Crippen LogP contribution in [0.2, 0.25) is 0 Å². The molecule has 1 unspecified atom stereocenters. The Morgan fingerprint density at radius 1 is 1.00 bits per heavy atom. The summed E-state index contributed by atoms with van der Waals surface area (Å²) >= 11 is 0. The zero-order valence-corrected chi connectivity index (χ0v) is 16.0. The molecule has 136 valence electrons. The van der Waals surface area contributed by atoms with Crippen LogP contribution in [0.4, 0.5) is 0 Å². The van der Waals surface area contributed by atoms with Crippen LogP contribution in [0.3, 0.4) is 0 Å². The summed E-state index contributed by atoms with van der Waals surface area (Å²) in [6.45, 7) is 10.4. The zero-order chi connectivity index (χ0) is 18.2. The molecule has 0 radical (unpaired) electrons. The molecule has 25 heavy (non-hydrogen) atoms. The van der Waals surface area contributed by atoms with E-state index in [4.69, 9.17) is 15.2 Å². The van der Waals surface area contributed by atoms with E-state index >= 15 is 0 Å². The second kappa shape index (κ2) is 9.47. The maximum absolute atomic E-state index is 6.14. The SMILES string of the molecule is CCCOc1cccc(CC(CN)c2cc(C)c(C)cc2OCC)c1. The highest BCUT2D eigenvalue weighted by Gasteiger charge is 2.17. The fraction of sp³-hybridized carbons (Fsp3) is 0.455. The van der Waals surface area contributed by atoms with E-state index in [1.54, 1.807) is 0 Å². The maximum atomic E-state index is 6.14. The van der Waals surface area contributed by atoms with Crippen LogP contribution in [0.15, 0.2) is 36.4 Å². The molecule has 2 N–H and O–H groups in total. The standard InChI is InChI=1S/C22H31NO2/c1-5-10-25-20-9-7-8-18(14-20)13-19(15-23)21-11-16(3)17(4)12-22(21)24-6-2/h7-9,11-12,14,19H,5-6,10,13,15,23H2,1-4H3. The summed E-state index contributed by atoms with van der Waals surface area (Å²) in [5.41, 5.74) is 11.1. The minimum absolute atomic E-state index is 0.224. The number of ether oxygens (including phenoxy) is 2. The first-order chi connectivity index (χ1) is 12.1. The smallest absolute Gasteiger partial charge is 0.123 e. The Balaban J connectivity index is 2.27. The Kier molecular flexibility index (Phi) is 7.32. The Labute approximate surface area is 152 Å². The van der Waals surface area contributed by atoms with E-state index in [0.717, 1.165) is 30.9 Å². The van der Waals surface area contributed by atoms with Crippen LogP contribution in [0.25, 0.3) is 0 Å². The van der Waals surface area contributed by atoms with Crippen molar-refractivity contribution in [1.29, 1.82) is 0 Å². The van der Waals surface area contributed by atoms with Crippen molar-refractivity contribution in [3.05, 3.63) is 58.7 Å². The van der Waals surface area contributed by atoms with E-state index in [1.165, 1.54) is 22.3 Å². The topological polar surface area (TPSA) is 44.5 Å². The third-order valence-corrected chi connectivity index (χ3v) is 4.50. The maximum Gasteiger partial charge on any atom is 0.123 e. The third-order valence-electron chi connectivity index (χ3n) is 4.50. The van der Waals surface area contributed by atoms with Crippen LogP contribution >= 0.6 is 0 Å². The lowest BCUT2D eigenvalue weighted by atomic mass is 9.89. The second-order valence-corrected chi connectivity index (χ2v) is 6.54. The summed E-state index contributed by atoms with van der Waals surface area (Å²) in [7, 11) is 0. The first kappa shape index (κ1) is 19.3. The molecule has 1 atom stereocenters. The van der Waals surface area contributed by atoms with Gasteiger partial charge < -0.3 is 15.2 Å². The van der Waals surface area contributed by atoms with E-state index < -0.39 is 0 Å².